The first kappa shape index (κ1) is 44.1. The molecule has 0 amide bonds. The highest BCUT2D eigenvalue weighted by atomic mass is 31.2. The Balaban J connectivity index is 2.93. The van der Waals surface area contributed by atoms with Crippen LogP contribution in [0.3, 0.4) is 0 Å². The first-order valence-electron chi connectivity index (χ1n) is 17.4. The minimum Gasteiger partial charge on any atom is -0.358 e. The van der Waals surface area contributed by atoms with Crippen LogP contribution >= 0.6 is 7.60 Å². The lowest BCUT2D eigenvalue weighted by molar-refractivity contribution is -0.267. The summed E-state index contributed by atoms with van der Waals surface area (Å²) in [7, 11) is -4.55. The van der Waals surface area contributed by atoms with Gasteiger partial charge in [0.15, 0.2) is 5.78 Å². The van der Waals surface area contributed by atoms with E-state index < -0.39 is 74.1 Å². The number of methoxy groups -OCH3 is 1. The van der Waals surface area contributed by atoms with E-state index in [2.05, 4.69) is 19.1 Å². The third-order valence-corrected chi connectivity index (χ3v) is 10.5. The molecular weight excluding hydrogens is 654 g/mol. The van der Waals surface area contributed by atoms with Gasteiger partial charge in [0.2, 0.25) is 5.60 Å². The topological polar surface area (TPSA) is 78.9 Å². The summed E-state index contributed by atoms with van der Waals surface area (Å²) >= 11 is 0. The molecule has 0 saturated heterocycles. The van der Waals surface area contributed by atoms with Crippen molar-refractivity contribution in [3.63, 3.8) is 0 Å². The average molecular weight is 711 g/mol. The van der Waals surface area contributed by atoms with E-state index >= 15 is 8.78 Å². The Hall–Kier alpha value is -1.94. The van der Waals surface area contributed by atoms with Crippen LogP contribution in [0.2, 0.25) is 0 Å². The van der Waals surface area contributed by atoms with Gasteiger partial charge in [-0.3, -0.25) is 14.2 Å². The summed E-state index contributed by atoms with van der Waals surface area (Å²) < 4.78 is 103. The molecule has 0 heterocycles. The average Bonchev–Trinajstić information content (AvgIpc) is 3.03. The maximum absolute atomic E-state index is 15.6. The predicted molar refractivity (Wildman–Crippen MR) is 179 cm³/mol. The highest BCUT2D eigenvalue weighted by Gasteiger charge is 2.65. The number of carbonyl (C=O) groups excluding carboxylic acids is 2. The molecule has 1 aromatic carbocycles. The van der Waals surface area contributed by atoms with E-state index in [1.54, 1.807) is 0 Å². The Labute approximate surface area is 284 Å². The van der Waals surface area contributed by atoms with Gasteiger partial charge in [0.05, 0.1) is 13.2 Å². The fraction of sp³-hybridized carbons (Fsp3) is 0.722. The van der Waals surface area contributed by atoms with Crippen LogP contribution in [-0.2, 0) is 33.5 Å². The smallest absolute Gasteiger partial charge is 0.358 e. The third kappa shape index (κ3) is 13.8. The first-order valence-corrected chi connectivity index (χ1v) is 19.0. The monoisotopic (exact) mass is 710 g/mol. The summed E-state index contributed by atoms with van der Waals surface area (Å²) in [6.45, 7) is 3.94. The molecule has 0 fully saturated rings. The number of Topliss-reactive ketones (excluding diaryl/α,β-unsaturated/α-hetero) is 2. The minimum absolute atomic E-state index is 0.0978. The van der Waals surface area contributed by atoms with Crippen LogP contribution in [0.4, 0.5) is 22.0 Å². The number of rotatable bonds is 28. The van der Waals surface area contributed by atoms with Crippen molar-refractivity contribution in [2.75, 3.05) is 20.3 Å². The number of allylic oxidation sites excluding steroid dienone is 2. The molecule has 1 aromatic rings. The van der Waals surface area contributed by atoms with Crippen molar-refractivity contribution in [2.24, 2.45) is 5.92 Å². The van der Waals surface area contributed by atoms with E-state index in [9.17, 15) is 27.3 Å². The van der Waals surface area contributed by atoms with Crippen molar-refractivity contribution >= 4 is 19.2 Å². The van der Waals surface area contributed by atoms with Gasteiger partial charge in [0, 0.05) is 37.9 Å². The number of ether oxygens (including phenoxy) is 1. The number of carbonyl (C=O) groups is 2. The summed E-state index contributed by atoms with van der Waals surface area (Å²) in [5.41, 5.74) is -8.63. The Kier molecular flexibility index (Phi) is 20.9. The Morgan fingerprint density at radius 2 is 1.27 bits per heavy atom. The minimum atomic E-state index is -5.37. The molecule has 12 heteroatoms. The zero-order chi connectivity index (χ0) is 36.1. The summed E-state index contributed by atoms with van der Waals surface area (Å²) in [4.78, 5) is 26.8. The second-order valence-corrected chi connectivity index (χ2v) is 14.3. The zero-order valence-electron chi connectivity index (χ0n) is 29.1. The summed E-state index contributed by atoms with van der Waals surface area (Å²) in [6.07, 6.45) is 9.81. The van der Waals surface area contributed by atoms with E-state index in [0.29, 0.717) is 20.0 Å². The molecule has 0 N–H and O–H groups in total. The van der Waals surface area contributed by atoms with Gasteiger partial charge in [-0.25, -0.2) is 0 Å². The van der Waals surface area contributed by atoms with Crippen molar-refractivity contribution in [2.45, 2.75) is 141 Å². The van der Waals surface area contributed by atoms with Crippen LogP contribution in [0.25, 0.3) is 0 Å². The van der Waals surface area contributed by atoms with Gasteiger partial charge in [-0.15, -0.1) is 0 Å². The second kappa shape index (κ2) is 22.7. The van der Waals surface area contributed by atoms with Crippen LogP contribution in [0.5, 0.6) is 0 Å². The Bertz CT molecular complexity index is 1120. The molecule has 48 heavy (non-hydrogen) atoms. The maximum atomic E-state index is 15.6. The number of alkyl halides is 5. The van der Waals surface area contributed by atoms with E-state index in [-0.39, 0.29) is 6.42 Å². The van der Waals surface area contributed by atoms with E-state index in [0.717, 1.165) is 44.2 Å². The van der Waals surface area contributed by atoms with Crippen molar-refractivity contribution in [1.82, 2.24) is 0 Å². The van der Waals surface area contributed by atoms with Gasteiger partial charge in [0.1, 0.15) is 5.78 Å². The number of benzene rings is 1. The summed E-state index contributed by atoms with van der Waals surface area (Å²) in [5, 5.41) is 0. The van der Waals surface area contributed by atoms with Crippen LogP contribution < -0.4 is 0 Å². The van der Waals surface area contributed by atoms with Crippen LogP contribution in [0.1, 0.15) is 129 Å². The zero-order valence-corrected chi connectivity index (χ0v) is 30.0. The number of hydrogen-bond acceptors (Lipinski definition) is 6. The quantitative estimate of drug-likeness (QED) is 0.0373. The lowest BCUT2D eigenvalue weighted by atomic mass is 9.78. The fourth-order valence-corrected chi connectivity index (χ4v) is 7.32. The molecule has 0 aliphatic heterocycles. The van der Waals surface area contributed by atoms with Crippen LogP contribution in [0.15, 0.2) is 42.5 Å². The van der Waals surface area contributed by atoms with Gasteiger partial charge in [-0.1, -0.05) is 101 Å². The standard InChI is InChI=1S/C36H56F5O6P/c1-5-8-9-10-11-12-13-14-15-16-17-18-19-20-24-27-32(42)28-30(29-34(37,38)48(44,46-6-2)47-7-3)33(43)35(45-4,36(39,40)41)31-25-22-21-23-26-31/h14-15,21-23,25-26,30H,5-13,16-20,24,27-29H2,1-4H3/b15-14-/t30-,35-/m0/s1. The largest absolute Gasteiger partial charge is 0.428 e. The second-order valence-electron chi connectivity index (χ2n) is 12.1. The highest BCUT2D eigenvalue weighted by molar-refractivity contribution is 7.55. The van der Waals surface area contributed by atoms with Crippen LogP contribution in [-0.4, -0.2) is 43.7 Å². The summed E-state index contributed by atoms with van der Waals surface area (Å²) in [5.74, 6) is -4.63. The van der Waals surface area contributed by atoms with Crippen molar-refractivity contribution in [3.05, 3.63) is 48.0 Å². The van der Waals surface area contributed by atoms with E-state index in [1.165, 1.54) is 70.6 Å². The number of unbranched alkanes of at least 4 members (excludes halogenated alkanes) is 11. The van der Waals surface area contributed by atoms with E-state index in [1.807, 2.05) is 0 Å². The van der Waals surface area contributed by atoms with Crippen molar-refractivity contribution < 1.29 is 49.9 Å². The van der Waals surface area contributed by atoms with Crippen molar-refractivity contribution in [1.29, 1.82) is 0 Å². The van der Waals surface area contributed by atoms with Gasteiger partial charge in [0.25, 0.3) is 0 Å². The molecule has 0 saturated carbocycles. The predicted octanol–water partition coefficient (Wildman–Crippen LogP) is 11.5. The molecule has 0 spiro atoms. The number of hydrogen-bond donors (Lipinski definition) is 0. The first-order chi connectivity index (χ1) is 22.8. The molecule has 6 nitrogen and oxygen atoms in total. The van der Waals surface area contributed by atoms with Gasteiger partial charge < -0.3 is 13.8 Å². The lowest BCUT2D eigenvalue weighted by Gasteiger charge is -2.37. The van der Waals surface area contributed by atoms with Crippen molar-refractivity contribution in [3.8, 4) is 0 Å². The normalized spacial score (nSPS) is 14.7. The molecule has 0 aromatic heterocycles. The van der Waals surface area contributed by atoms with Crippen LogP contribution in [0, 0.1) is 5.92 Å². The molecule has 2 atom stereocenters. The fourth-order valence-electron chi connectivity index (χ4n) is 5.74. The molecule has 0 unspecified atom stereocenters. The molecule has 1 rings (SSSR count). The van der Waals surface area contributed by atoms with Gasteiger partial charge in [-0.2, -0.15) is 22.0 Å². The number of halogens is 5. The Morgan fingerprint density at radius 3 is 1.75 bits per heavy atom. The molecule has 0 aliphatic carbocycles. The summed E-state index contributed by atoms with van der Waals surface area (Å²) in [6, 6.07) is 5.93. The molecule has 0 bridgehead atoms. The molecule has 0 radical (unpaired) electrons. The third-order valence-electron chi connectivity index (χ3n) is 8.29. The highest BCUT2D eigenvalue weighted by Crippen LogP contribution is 2.64. The SMILES string of the molecule is CCCCCCCC/C=C\CCCCCCCC(=O)C[C@@H](CC(F)(F)P(=O)(OCC)OCC)C(=O)[C@@](OC)(c1ccccc1)C(F)(F)F. The maximum Gasteiger partial charge on any atom is 0.428 e. The molecule has 276 valence electrons. The lowest BCUT2D eigenvalue weighted by Crippen LogP contribution is -2.54. The van der Waals surface area contributed by atoms with Gasteiger partial charge in [-0.05, 0) is 46.0 Å². The van der Waals surface area contributed by atoms with E-state index in [4.69, 9.17) is 13.8 Å². The van der Waals surface area contributed by atoms with Gasteiger partial charge >= 0.3 is 19.4 Å². The number of ketones is 2. The molecular formula is C36H56F5O6P. The Morgan fingerprint density at radius 1 is 0.771 bits per heavy atom. The molecule has 0 aliphatic rings.